The summed E-state index contributed by atoms with van der Waals surface area (Å²) in [4.78, 5) is 35.3. The van der Waals surface area contributed by atoms with E-state index in [0.29, 0.717) is 24.2 Å². The van der Waals surface area contributed by atoms with Gasteiger partial charge in [0.1, 0.15) is 12.1 Å². The number of hydrogen-bond acceptors (Lipinski definition) is 5. The van der Waals surface area contributed by atoms with Crippen LogP contribution in [-0.4, -0.2) is 49.6 Å². The maximum absolute atomic E-state index is 12.8. The zero-order valence-corrected chi connectivity index (χ0v) is 17.9. The van der Waals surface area contributed by atoms with Gasteiger partial charge in [0, 0.05) is 30.9 Å². The van der Waals surface area contributed by atoms with Crippen LogP contribution in [0.1, 0.15) is 33.7 Å². The van der Waals surface area contributed by atoms with Crippen LogP contribution in [0.2, 0.25) is 0 Å². The molecule has 1 aromatic carbocycles. The molecule has 8 heteroatoms. The fourth-order valence-electron chi connectivity index (χ4n) is 4.96. The lowest BCUT2D eigenvalue weighted by Gasteiger charge is -2.15. The van der Waals surface area contributed by atoms with E-state index < -0.39 is 0 Å². The second-order valence-corrected chi connectivity index (χ2v) is 8.73. The van der Waals surface area contributed by atoms with Crippen LogP contribution in [0.5, 0.6) is 0 Å². The normalized spacial score (nSPS) is 21.3. The number of amides is 2. The maximum Gasteiger partial charge on any atom is 0.294 e. The van der Waals surface area contributed by atoms with Crippen molar-refractivity contribution < 1.29 is 9.59 Å². The number of likely N-dealkylation sites (tertiary alicyclic amines) is 1. The van der Waals surface area contributed by atoms with E-state index in [4.69, 9.17) is 0 Å². The summed E-state index contributed by atoms with van der Waals surface area (Å²) < 4.78 is 1.54. The van der Waals surface area contributed by atoms with Crippen LogP contribution < -0.4 is 5.32 Å². The molecule has 1 N–H and O–H groups in total. The van der Waals surface area contributed by atoms with E-state index in [1.807, 2.05) is 17.0 Å². The van der Waals surface area contributed by atoms with Gasteiger partial charge in [-0.2, -0.15) is 5.10 Å². The molecule has 0 spiro atoms. The number of pyridine rings is 1. The molecule has 0 radical (unpaired) electrons. The Bertz CT molecular complexity index is 1310. The standard InChI is InChI=1S/C25H22N6O2/c32-22(30-12-19-9-18(10-20(19)13-30)17-4-2-1-3-5-17)7-6-16-8-21-14-31-24(27-15-28-31)25(33)29-23(21)26-11-16/h1-9,11,15,19-20H,10,12-14H2,(H,26,29,33). The average Bonchev–Trinajstić information content (AvgIpc) is 3.53. The molecule has 0 bridgehead atoms. The summed E-state index contributed by atoms with van der Waals surface area (Å²) in [6, 6.07) is 12.4. The third-order valence-electron chi connectivity index (χ3n) is 6.62. The number of rotatable bonds is 3. The Morgan fingerprint density at radius 2 is 2.03 bits per heavy atom. The molecule has 0 saturated carbocycles. The first-order chi connectivity index (χ1) is 16.1. The Labute approximate surface area is 190 Å². The van der Waals surface area contributed by atoms with E-state index in [1.165, 1.54) is 17.5 Å². The quantitative estimate of drug-likeness (QED) is 0.635. The Morgan fingerprint density at radius 3 is 2.88 bits per heavy atom. The first-order valence-electron chi connectivity index (χ1n) is 11.1. The fraction of sp³-hybridized carbons (Fsp3) is 0.240. The van der Waals surface area contributed by atoms with Crippen molar-refractivity contribution in [2.24, 2.45) is 11.8 Å². The highest BCUT2D eigenvalue weighted by Gasteiger charge is 2.37. The van der Waals surface area contributed by atoms with Crippen molar-refractivity contribution in [2.45, 2.75) is 13.0 Å². The number of hydrogen-bond donors (Lipinski definition) is 1. The van der Waals surface area contributed by atoms with Gasteiger partial charge in [-0.05, 0) is 47.1 Å². The molecule has 3 aliphatic rings. The summed E-state index contributed by atoms with van der Waals surface area (Å²) in [5.74, 6) is 1.34. The van der Waals surface area contributed by atoms with Crippen molar-refractivity contribution in [3.63, 3.8) is 0 Å². The number of anilines is 1. The number of allylic oxidation sites excluding steroid dienone is 1. The molecule has 2 aliphatic heterocycles. The molecular weight excluding hydrogens is 416 g/mol. The van der Waals surface area contributed by atoms with Crippen molar-refractivity contribution in [1.29, 1.82) is 0 Å². The highest BCUT2D eigenvalue weighted by atomic mass is 16.2. The third kappa shape index (κ3) is 3.63. The van der Waals surface area contributed by atoms with Crippen LogP contribution in [-0.2, 0) is 11.3 Å². The van der Waals surface area contributed by atoms with Crippen LogP contribution >= 0.6 is 0 Å². The highest BCUT2D eigenvalue weighted by Crippen LogP contribution is 2.40. The van der Waals surface area contributed by atoms with Gasteiger partial charge >= 0.3 is 0 Å². The molecular formula is C25H22N6O2. The second kappa shape index (κ2) is 7.81. The first kappa shape index (κ1) is 19.6. The van der Waals surface area contributed by atoms with Crippen LogP contribution in [0.25, 0.3) is 11.6 Å². The minimum absolute atomic E-state index is 0.0147. The van der Waals surface area contributed by atoms with Crippen molar-refractivity contribution in [1.82, 2.24) is 24.6 Å². The number of nitrogens with one attached hydrogen (secondary N) is 1. The van der Waals surface area contributed by atoms with Crippen LogP contribution in [0.4, 0.5) is 5.82 Å². The van der Waals surface area contributed by atoms with E-state index in [-0.39, 0.29) is 17.6 Å². The summed E-state index contributed by atoms with van der Waals surface area (Å²) in [6.45, 7) is 1.93. The molecule has 1 saturated heterocycles. The van der Waals surface area contributed by atoms with Gasteiger partial charge in [0.15, 0.2) is 0 Å². The monoisotopic (exact) mass is 438 g/mol. The van der Waals surface area contributed by atoms with Crippen LogP contribution in [0.3, 0.4) is 0 Å². The van der Waals surface area contributed by atoms with E-state index >= 15 is 0 Å². The molecule has 2 aromatic heterocycles. The number of aromatic nitrogens is 4. The lowest BCUT2D eigenvalue weighted by molar-refractivity contribution is -0.125. The summed E-state index contributed by atoms with van der Waals surface area (Å²) >= 11 is 0. The van der Waals surface area contributed by atoms with Gasteiger partial charge in [0.25, 0.3) is 5.91 Å². The molecule has 8 nitrogen and oxygen atoms in total. The largest absolute Gasteiger partial charge is 0.338 e. The lowest BCUT2D eigenvalue weighted by atomic mass is 9.98. The minimum atomic E-state index is -0.332. The van der Waals surface area contributed by atoms with Gasteiger partial charge in [0.05, 0.1) is 6.54 Å². The summed E-state index contributed by atoms with van der Waals surface area (Å²) in [5.41, 5.74) is 4.29. The summed E-state index contributed by atoms with van der Waals surface area (Å²) in [7, 11) is 0. The molecule has 4 heterocycles. The van der Waals surface area contributed by atoms with Crippen molar-refractivity contribution >= 4 is 29.3 Å². The first-order valence-corrected chi connectivity index (χ1v) is 11.1. The number of benzene rings is 1. The average molecular weight is 438 g/mol. The predicted octanol–water partition coefficient (Wildman–Crippen LogP) is 2.86. The Balaban J connectivity index is 1.14. The van der Waals surface area contributed by atoms with Crippen molar-refractivity contribution in [3.8, 4) is 0 Å². The zero-order valence-electron chi connectivity index (χ0n) is 17.9. The molecule has 2 atom stereocenters. The smallest absolute Gasteiger partial charge is 0.294 e. The van der Waals surface area contributed by atoms with Crippen molar-refractivity contribution in [2.75, 3.05) is 18.4 Å². The van der Waals surface area contributed by atoms with Crippen molar-refractivity contribution in [3.05, 3.63) is 83.6 Å². The minimum Gasteiger partial charge on any atom is -0.338 e. The second-order valence-electron chi connectivity index (χ2n) is 8.73. The topological polar surface area (TPSA) is 93.0 Å². The summed E-state index contributed by atoms with van der Waals surface area (Å²) in [6.07, 6.45) is 9.77. The molecule has 3 aromatic rings. The molecule has 2 unspecified atom stereocenters. The predicted molar refractivity (Wildman–Crippen MR) is 123 cm³/mol. The molecule has 6 rings (SSSR count). The van der Waals surface area contributed by atoms with Gasteiger partial charge in [-0.25, -0.2) is 14.6 Å². The zero-order chi connectivity index (χ0) is 22.4. The highest BCUT2D eigenvalue weighted by molar-refractivity contribution is 6.02. The van der Waals surface area contributed by atoms with Gasteiger partial charge in [0.2, 0.25) is 11.7 Å². The fourth-order valence-corrected chi connectivity index (χ4v) is 4.96. The summed E-state index contributed by atoms with van der Waals surface area (Å²) in [5, 5.41) is 6.87. The third-order valence-corrected chi connectivity index (χ3v) is 6.62. The number of carbonyl (C=O) groups excluding carboxylic acids is 2. The molecule has 2 amide bonds. The molecule has 1 aliphatic carbocycles. The lowest BCUT2D eigenvalue weighted by Crippen LogP contribution is -2.27. The van der Waals surface area contributed by atoms with Gasteiger partial charge in [-0.1, -0.05) is 36.4 Å². The SMILES string of the molecule is O=C1Nc2ncc(C=CC(=O)N3CC4C=C(c5ccccc5)CC4C3)cc2Cn2ncnc21. The Kier molecular flexibility index (Phi) is 4.64. The van der Waals surface area contributed by atoms with E-state index in [9.17, 15) is 9.59 Å². The van der Waals surface area contributed by atoms with E-state index in [1.54, 1.807) is 23.0 Å². The Morgan fingerprint density at radius 1 is 1.15 bits per heavy atom. The van der Waals surface area contributed by atoms with Gasteiger partial charge < -0.3 is 10.2 Å². The van der Waals surface area contributed by atoms with Crippen LogP contribution in [0.15, 0.2) is 61.1 Å². The number of carbonyl (C=O) groups is 2. The number of nitrogens with zero attached hydrogens (tertiary/aromatic N) is 5. The van der Waals surface area contributed by atoms with Crippen LogP contribution in [0, 0.1) is 11.8 Å². The molecule has 164 valence electrons. The Hall–Kier alpha value is -4.07. The van der Waals surface area contributed by atoms with E-state index in [0.717, 1.165) is 30.6 Å². The maximum atomic E-state index is 12.8. The number of fused-ring (bicyclic) bond motifs is 3. The van der Waals surface area contributed by atoms with E-state index in [2.05, 4.69) is 50.7 Å². The molecule has 1 fully saturated rings. The van der Waals surface area contributed by atoms with Gasteiger partial charge in [-0.15, -0.1) is 0 Å². The van der Waals surface area contributed by atoms with Gasteiger partial charge in [-0.3, -0.25) is 9.59 Å². The molecule has 33 heavy (non-hydrogen) atoms.